The summed E-state index contributed by atoms with van der Waals surface area (Å²) in [6, 6.07) is 1.85. The molecule has 1 fully saturated rings. The number of hydrogen-bond donors (Lipinski definition) is 1. The average Bonchev–Trinajstić information content (AvgIpc) is 2.28. The van der Waals surface area contributed by atoms with Crippen LogP contribution >= 0.6 is 0 Å². The van der Waals surface area contributed by atoms with Gasteiger partial charge >= 0.3 is 0 Å². The minimum atomic E-state index is 0.249. The van der Waals surface area contributed by atoms with E-state index in [2.05, 4.69) is 27.2 Å². The van der Waals surface area contributed by atoms with Crippen LogP contribution in [0.15, 0.2) is 18.6 Å². The lowest BCUT2D eigenvalue weighted by Gasteiger charge is -2.30. The Bertz CT molecular complexity index is 293. The molecule has 2 rings (SSSR count). The van der Waals surface area contributed by atoms with Crippen LogP contribution in [0.2, 0.25) is 0 Å². The minimum absolute atomic E-state index is 0.249. The Morgan fingerprint density at radius 3 is 3.33 bits per heavy atom. The fourth-order valence-corrected chi connectivity index (χ4v) is 1.60. The number of morpholine rings is 1. The number of aromatic nitrogens is 2. The van der Waals surface area contributed by atoms with Gasteiger partial charge in [0.25, 0.3) is 0 Å². The van der Waals surface area contributed by atoms with E-state index in [1.165, 1.54) is 6.33 Å². The Labute approximate surface area is 89.5 Å². The predicted octanol–water partition coefficient (Wildman–Crippen LogP) is 0.219. The van der Waals surface area contributed by atoms with Crippen molar-refractivity contribution in [3.63, 3.8) is 0 Å². The normalized spacial score (nSPS) is 22.6. The molecular formula is C10H16N4O. The lowest BCUT2D eigenvalue weighted by molar-refractivity contribution is -0.0117. The summed E-state index contributed by atoms with van der Waals surface area (Å²) in [6.07, 6.45) is 3.51. The van der Waals surface area contributed by atoms with Crippen LogP contribution in [0.3, 0.4) is 0 Å². The molecule has 0 aromatic carbocycles. The number of hydrogen-bond acceptors (Lipinski definition) is 5. The molecule has 1 aliphatic rings. The van der Waals surface area contributed by atoms with Gasteiger partial charge in [0.05, 0.1) is 12.7 Å². The third-order valence-electron chi connectivity index (χ3n) is 2.43. The number of nitrogens with zero attached hydrogens (tertiary/aromatic N) is 3. The van der Waals surface area contributed by atoms with Crippen molar-refractivity contribution in [2.24, 2.45) is 0 Å². The first-order valence-corrected chi connectivity index (χ1v) is 5.14. The van der Waals surface area contributed by atoms with E-state index in [4.69, 9.17) is 4.74 Å². The maximum Gasteiger partial charge on any atom is 0.129 e. The van der Waals surface area contributed by atoms with Crippen LogP contribution in [0, 0.1) is 0 Å². The molecule has 5 heteroatoms. The molecule has 1 N–H and O–H groups in total. The zero-order chi connectivity index (χ0) is 10.5. The minimum Gasteiger partial charge on any atom is -0.374 e. The van der Waals surface area contributed by atoms with E-state index >= 15 is 0 Å². The molecule has 0 radical (unpaired) electrons. The fourth-order valence-electron chi connectivity index (χ4n) is 1.60. The summed E-state index contributed by atoms with van der Waals surface area (Å²) in [7, 11) is 2.11. The summed E-state index contributed by atoms with van der Waals surface area (Å²) >= 11 is 0. The van der Waals surface area contributed by atoms with Crippen molar-refractivity contribution in [2.45, 2.75) is 6.10 Å². The molecule has 0 saturated carbocycles. The number of ether oxygens (including phenoxy) is 1. The van der Waals surface area contributed by atoms with Gasteiger partial charge in [0.1, 0.15) is 12.1 Å². The largest absolute Gasteiger partial charge is 0.374 e. The predicted molar refractivity (Wildman–Crippen MR) is 57.8 cm³/mol. The molecule has 1 unspecified atom stereocenters. The molecule has 1 aromatic heterocycles. The summed E-state index contributed by atoms with van der Waals surface area (Å²) in [5, 5.41) is 3.23. The highest BCUT2D eigenvalue weighted by atomic mass is 16.5. The third kappa shape index (κ3) is 3.14. The van der Waals surface area contributed by atoms with E-state index in [1.54, 1.807) is 6.20 Å². The number of rotatable bonds is 3. The standard InChI is InChI=1S/C10H16N4O/c1-14-4-5-15-9(7-14)6-12-10-2-3-11-8-13-10/h2-3,8-9H,4-7H2,1H3,(H,11,12,13). The van der Waals surface area contributed by atoms with E-state index in [0.29, 0.717) is 0 Å². The van der Waals surface area contributed by atoms with Gasteiger partial charge in [0, 0.05) is 25.8 Å². The van der Waals surface area contributed by atoms with Crippen molar-refractivity contribution < 1.29 is 4.74 Å². The zero-order valence-corrected chi connectivity index (χ0v) is 8.89. The molecule has 1 atom stereocenters. The Morgan fingerprint density at radius 1 is 1.67 bits per heavy atom. The van der Waals surface area contributed by atoms with Gasteiger partial charge in [-0.05, 0) is 13.1 Å². The lowest BCUT2D eigenvalue weighted by Crippen LogP contribution is -2.43. The fraction of sp³-hybridized carbons (Fsp3) is 0.600. The van der Waals surface area contributed by atoms with E-state index in [-0.39, 0.29) is 6.10 Å². The first-order chi connectivity index (χ1) is 7.34. The Morgan fingerprint density at radius 2 is 2.60 bits per heavy atom. The summed E-state index contributed by atoms with van der Waals surface area (Å²) < 4.78 is 5.62. The molecule has 0 amide bonds. The van der Waals surface area contributed by atoms with E-state index < -0.39 is 0 Å². The maximum absolute atomic E-state index is 5.62. The summed E-state index contributed by atoms with van der Waals surface area (Å²) in [5.41, 5.74) is 0. The molecule has 82 valence electrons. The average molecular weight is 208 g/mol. The quantitative estimate of drug-likeness (QED) is 0.770. The van der Waals surface area contributed by atoms with Crippen molar-refractivity contribution in [1.82, 2.24) is 14.9 Å². The van der Waals surface area contributed by atoms with Crippen molar-refractivity contribution in [1.29, 1.82) is 0 Å². The van der Waals surface area contributed by atoms with Crippen LogP contribution < -0.4 is 5.32 Å². The Kier molecular flexibility index (Phi) is 3.47. The van der Waals surface area contributed by atoms with E-state index in [9.17, 15) is 0 Å². The molecular weight excluding hydrogens is 192 g/mol. The number of nitrogens with one attached hydrogen (secondary N) is 1. The van der Waals surface area contributed by atoms with Crippen LogP contribution in [0.1, 0.15) is 0 Å². The molecule has 1 aliphatic heterocycles. The van der Waals surface area contributed by atoms with Gasteiger partial charge in [0.15, 0.2) is 0 Å². The van der Waals surface area contributed by atoms with Crippen LogP contribution in [0.5, 0.6) is 0 Å². The van der Waals surface area contributed by atoms with Gasteiger partial charge in [-0.2, -0.15) is 0 Å². The van der Waals surface area contributed by atoms with E-state index in [0.717, 1.165) is 32.1 Å². The molecule has 1 saturated heterocycles. The first-order valence-electron chi connectivity index (χ1n) is 5.14. The lowest BCUT2D eigenvalue weighted by atomic mass is 10.3. The smallest absolute Gasteiger partial charge is 0.129 e. The van der Waals surface area contributed by atoms with Crippen LogP contribution in [-0.2, 0) is 4.74 Å². The molecule has 1 aromatic rings. The first kappa shape index (κ1) is 10.3. The van der Waals surface area contributed by atoms with Crippen LogP contribution in [0.4, 0.5) is 5.82 Å². The van der Waals surface area contributed by atoms with Crippen molar-refractivity contribution in [2.75, 3.05) is 38.6 Å². The molecule has 0 bridgehead atoms. The Balaban J connectivity index is 1.78. The van der Waals surface area contributed by atoms with Gasteiger partial charge in [0.2, 0.25) is 0 Å². The molecule has 0 aliphatic carbocycles. The molecule has 2 heterocycles. The second kappa shape index (κ2) is 5.04. The molecule has 15 heavy (non-hydrogen) atoms. The van der Waals surface area contributed by atoms with Gasteiger partial charge in [-0.25, -0.2) is 9.97 Å². The van der Waals surface area contributed by atoms with Crippen LogP contribution in [-0.4, -0.2) is 54.3 Å². The van der Waals surface area contributed by atoms with Crippen molar-refractivity contribution >= 4 is 5.82 Å². The van der Waals surface area contributed by atoms with E-state index in [1.807, 2.05) is 6.07 Å². The molecule has 5 nitrogen and oxygen atoms in total. The van der Waals surface area contributed by atoms with Gasteiger partial charge in [-0.1, -0.05) is 0 Å². The summed E-state index contributed by atoms with van der Waals surface area (Å²) in [4.78, 5) is 10.2. The summed E-state index contributed by atoms with van der Waals surface area (Å²) in [6.45, 7) is 3.59. The highest BCUT2D eigenvalue weighted by molar-refractivity contribution is 5.31. The topological polar surface area (TPSA) is 50.3 Å². The number of anilines is 1. The third-order valence-corrected chi connectivity index (χ3v) is 2.43. The SMILES string of the molecule is CN1CCOC(CNc2ccncn2)C1. The molecule has 0 spiro atoms. The van der Waals surface area contributed by atoms with Crippen LogP contribution in [0.25, 0.3) is 0 Å². The van der Waals surface area contributed by atoms with Gasteiger partial charge in [-0.15, -0.1) is 0 Å². The summed E-state index contributed by atoms with van der Waals surface area (Å²) in [5.74, 6) is 0.849. The second-order valence-corrected chi connectivity index (χ2v) is 3.73. The zero-order valence-electron chi connectivity index (χ0n) is 8.89. The monoisotopic (exact) mass is 208 g/mol. The second-order valence-electron chi connectivity index (χ2n) is 3.73. The highest BCUT2D eigenvalue weighted by Gasteiger charge is 2.17. The van der Waals surface area contributed by atoms with Crippen molar-refractivity contribution in [3.8, 4) is 0 Å². The Hall–Kier alpha value is -1.20. The van der Waals surface area contributed by atoms with Gasteiger partial charge in [-0.3, -0.25) is 0 Å². The highest BCUT2D eigenvalue weighted by Crippen LogP contribution is 2.05. The van der Waals surface area contributed by atoms with Crippen molar-refractivity contribution in [3.05, 3.63) is 18.6 Å². The van der Waals surface area contributed by atoms with Gasteiger partial charge < -0.3 is 15.0 Å². The number of likely N-dealkylation sites (N-methyl/N-ethyl adjacent to an activating group) is 1. The maximum atomic E-state index is 5.62.